The monoisotopic (exact) mass is 193 g/mol. The molecule has 0 radical (unpaired) electrons. The van der Waals surface area contributed by atoms with E-state index in [0.717, 1.165) is 12.8 Å². The van der Waals surface area contributed by atoms with Gasteiger partial charge in [-0.3, -0.25) is 4.79 Å². The molecular formula is C8H16ClNO2. The zero-order valence-electron chi connectivity index (χ0n) is 7.38. The SMILES string of the molecule is CCOC(=O)C(N)CCCCCl. The molecule has 0 aromatic carbocycles. The van der Waals surface area contributed by atoms with Gasteiger partial charge in [0, 0.05) is 5.88 Å². The first-order chi connectivity index (χ1) is 5.72. The van der Waals surface area contributed by atoms with Crippen LogP contribution in [0.3, 0.4) is 0 Å². The maximum Gasteiger partial charge on any atom is 0.322 e. The average molecular weight is 194 g/mol. The van der Waals surface area contributed by atoms with Gasteiger partial charge in [-0.15, -0.1) is 11.6 Å². The van der Waals surface area contributed by atoms with Crippen LogP contribution in [-0.4, -0.2) is 24.5 Å². The van der Waals surface area contributed by atoms with Crippen LogP contribution in [-0.2, 0) is 9.53 Å². The maximum absolute atomic E-state index is 11.0. The van der Waals surface area contributed by atoms with Crippen molar-refractivity contribution in [2.75, 3.05) is 12.5 Å². The molecule has 0 rings (SSSR count). The number of carbonyl (C=O) groups is 1. The van der Waals surface area contributed by atoms with Crippen molar-refractivity contribution in [3.05, 3.63) is 0 Å². The molecule has 0 saturated heterocycles. The van der Waals surface area contributed by atoms with Gasteiger partial charge < -0.3 is 10.5 Å². The van der Waals surface area contributed by atoms with E-state index in [1.807, 2.05) is 0 Å². The minimum Gasteiger partial charge on any atom is -0.465 e. The molecule has 72 valence electrons. The maximum atomic E-state index is 11.0. The summed E-state index contributed by atoms with van der Waals surface area (Å²) in [5.74, 6) is 0.308. The second-order valence-electron chi connectivity index (χ2n) is 2.54. The number of unbranched alkanes of at least 4 members (excludes halogenated alkanes) is 1. The molecule has 3 nitrogen and oxygen atoms in total. The fourth-order valence-corrected chi connectivity index (χ4v) is 1.01. The summed E-state index contributed by atoms with van der Waals surface area (Å²) in [5.41, 5.74) is 5.53. The highest BCUT2D eigenvalue weighted by Gasteiger charge is 2.12. The van der Waals surface area contributed by atoms with E-state index >= 15 is 0 Å². The van der Waals surface area contributed by atoms with Crippen LogP contribution in [0.5, 0.6) is 0 Å². The van der Waals surface area contributed by atoms with Crippen LogP contribution in [0.25, 0.3) is 0 Å². The van der Waals surface area contributed by atoms with Crippen molar-refractivity contribution < 1.29 is 9.53 Å². The molecule has 0 saturated carbocycles. The van der Waals surface area contributed by atoms with E-state index in [0.29, 0.717) is 18.9 Å². The first-order valence-corrected chi connectivity index (χ1v) is 4.74. The molecule has 1 unspecified atom stereocenters. The minimum absolute atomic E-state index is 0.313. The minimum atomic E-state index is -0.479. The van der Waals surface area contributed by atoms with Crippen LogP contribution >= 0.6 is 11.6 Å². The van der Waals surface area contributed by atoms with Crippen molar-refractivity contribution in [2.24, 2.45) is 5.73 Å². The normalized spacial score (nSPS) is 12.6. The first kappa shape index (κ1) is 11.7. The van der Waals surface area contributed by atoms with E-state index in [4.69, 9.17) is 22.1 Å². The molecule has 0 bridgehead atoms. The van der Waals surface area contributed by atoms with Crippen molar-refractivity contribution in [2.45, 2.75) is 32.2 Å². The van der Waals surface area contributed by atoms with Crippen LogP contribution < -0.4 is 5.73 Å². The predicted molar refractivity (Wildman–Crippen MR) is 49.2 cm³/mol. The Balaban J connectivity index is 3.42. The van der Waals surface area contributed by atoms with Gasteiger partial charge in [0.25, 0.3) is 0 Å². The van der Waals surface area contributed by atoms with E-state index in [2.05, 4.69) is 0 Å². The molecule has 0 spiro atoms. The van der Waals surface area contributed by atoms with E-state index in [9.17, 15) is 4.79 Å². The van der Waals surface area contributed by atoms with Gasteiger partial charge in [-0.05, 0) is 19.8 Å². The second kappa shape index (κ2) is 7.37. The van der Waals surface area contributed by atoms with Crippen LogP contribution in [0.2, 0.25) is 0 Å². The summed E-state index contributed by atoms with van der Waals surface area (Å²) in [5, 5.41) is 0. The summed E-state index contributed by atoms with van der Waals surface area (Å²) in [6, 6.07) is -0.479. The molecule has 0 aliphatic heterocycles. The Morgan fingerprint density at radius 2 is 2.25 bits per heavy atom. The number of ether oxygens (including phenoxy) is 1. The van der Waals surface area contributed by atoms with Crippen molar-refractivity contribution in [3.63, 3.8) is 0 Å². The van der Waals surface area contributed by atoms with E-state index in [1.54, 1.807) is 6.92 Å². The molecule has 0 amide bonds. The summed E-state index contributed by atoms with van der Waals surface area (Å²) in [7, 11) is 0. The molecule has 12 heavy (non-hydrogen) atoms. The Hall–Kier alpha value is -0.280. The molecule has 0 heterocycles. The van der Waals surface area contributed by atoms with Crippen LogP contribution in [0.4, 0.5) is 0 Å². The van der Waals surface area contributed by atoms with Crippen LogP contribution in [0.15, 0.2) is 0 Å². The summed E-state index contributed by atoms with van der Waals surface area (Å²) >= 11 is 5.47. The third-order valence-corrected chi connectivity index (χ3v) is 1.76. The number of hydrogen-bond acceptors (Lipinski definition) is 3. The topological polar surface area (TPSA) is 52.3 Å². The average Bonchev–Trinajstić information content (AvgIpc) is 2.05. The van der Waals surface area contributed by atoms with Gasteiger partial charge in [-0.1, -0.05) is 6.42 Å². The molecule has 0 aliphatic rings. The zero-order chi connectivity index (χ0) is 9.40. The fourth-order valence-electron chi connectivity index (χ4n) is 0.826. The summed E-state index contributed by atoms with van der Waals surface area (Å²) in [6.45, 7) is 2.16. The number of alkyl halides is 1. The lowest BCUT2D eigenvalue weighted by Gasteiger charge is -2.08. The molecule has 2 N–H and O–H groups in total. The third kappa shape index (κ3) is 5.38. The van der Waals surface area contributed by atoms with E-state index in [1.165, 1.54) is 0 Å². The lowest BCUT2D eigenvalue weighted by atomic mass is 10.1. The van der Waals surface area contributed by atoms with E-state index in [-0.39, 0.29) is 5.97 Å². The molecular weight excluding hydrogens is 178 g/mol. The lowest BCUT2D eigenvalue weighted by molar-refractivity contribution is -0.144. The zero-order valence-corrected chi connectivity index (χ0v) is 8.14. The van der Waals surface area contributed by atoms with Gasteiger partial charge in [0.05, 0.1) is 6.61 Å². The lowest BCUT2D eigenvalue weighted by Crippen LogP contribution is -2.32. The number of nitrogens with two attached hydrogens (primary N) is 1. The number of rotatable bonds is 6. The number of carbonyl (C=O) groups excluding carboxylic acids is 1. The third-order valence-electron chi connectivity index (χ3n) is 1.49. The highest BCUT2D eigenvalue weighted by Crippen LogP contribution is 2.01. The van der Waals surface area contributed by atoms with Crippen molar-refractivity contribution >= 4 is 17.6 Å². The predicted octanol–water partition coefficient (Wildman–Crippen LogP) is 1.29. The van der Waals surface area contributed by atoms with Crippen molar-refractivity contribution in [1.82, 2.24) is 0 Å². The van der Waals surface area contributed by atoms with Gasteiger partial charge >= 0.3 is 5.97 Å². The Morgan fingerprint density at radius 3 is 2.75 bits per heavy atom. The second-order valence-corrected chi connectivity index (χ2v) is 2.92. The molecule has 0 fully saturated rings. The number of halogens is 1. The summed E-state index contributed by atoms with van der Waals surface area (Å²) in [6.07, 6.45) is 2.43. The number of esters is 1. The molecule has 1 atom stereocenters. The van der Waals surface area contributed by atoms with Gasteiger partial charge in [0.15, 0.2) is 0 Å². The Morgan fingerprint density at radius 1 is 1.58 bits per heavy atom. The fraction of sp³-hybridized carbons (Fsp3) is 0.875. The Kier molecular flexibility index (Phi) is 7.20. The first-order valence-electron chi connectivity index (χ1n) is 4.20. The van der Waals surface area contributed by atoms with Crippen molar-refractivity contribution in [1.29, 1.82) is 0 Å². The van der Waals surface area contributed by atoms with Crippen LogP contribution in [0, 0.1) is 0 Å². The summed E-state index contributed by atoms with van der Waals surface area (Å²) in [4.78, 5) is 11.0. The van der Waals surface area contributed by atoms with E-state index < -0.39 is 6.04 Å². The molecule has 0 aliphatic carbocycles. The highest BCUT2D eigenvalue weighted by atomic mass is 35.5. The largest absolute Gasteiger partial charge is 0.465 e. The molecule has 0 aromatic rings. The van der Waals surface area contributed by atoms with Gasteiger partial charge in [0.1, 0.15) is 6.04 Å². The molecule has 4 heteroatoms. The molecule has 0 aromatic heterocycles. The van der Waals surface area contributed by atoms with Crippen molar-refractivity contribution in [3.8, 4) is 0 Å². The number of hydrogen-bond donors (Lipinski definition) is 1. The Labute approximate surface area is 78.2 Å². The van der Waals surface area contributed by atoms with Gasteiger partial charge in [0.2, 0.25) is 0 Å². The quantitative estimate of drug-likeness (QED) is 0.393. The Bertz CT molecular complexity index is 130. The summed E-state index contributed by atoms with van der Waals surface area (Å²) < 4.78 is 4.74. The highest BCUT2D eigenvalue weighted by molar-refractivity contribution is 6.17. The standard InChI is InChI=1S/C8H16ClNO2/c1-2-12-8(11)7(10)5-3-4-6-9/h7H,2-6,10H2,1H3. The van der Waals surface area contributed by atoms with Gasteiger partial charge in [-0.2, -0.15) is 0 Å². The van der Waals surface area contributed by atoms with Gasteiger partial charge in [-0.25, -0.2) is 0 Å². The smallest absolute Gasteiger partial charge is 0.322 e. The van der Waals surface area contributed by atoms with Crippen LogP contribution in [0.1, 0.15) is 26.2 Å².